The van der Waals surface area contributed by atoms with E-state index in [1.54, 1.807) is 0 Å². The molecule has 0 N–H and O–H groups in total. The van der Waals surface area contributed by atoms with Gasteiger partial charge in [-0.3, -0.25) is 0 Å². The van der Waals surface area contributed by atoms with E-state index in [1.165, 1.54) is 32.4 Å². The van der Waals surface area contributed by atoms with Gasteiger partial charge < -0.3 is 4.90 Å². The maximum atomic E-state index is 8.55. The maximum absolute atomic E-state index is 8.55. The van der Waals surface area contributed by atoms with Crippen LogP contribution >= 0.6 is 0 Å². The molecule has 3 unspecified atom stereocenters. The van der Waals surface area contributed by atoms with Crippen molar-refractivity contribution in [1.82, 2.24) is 4.90 Å². The minimum absolute atomic E-state index is 0.625. The largest absolute Gasteiger partial charge is 0.300 e. The van der Waals surface area contributed by atoms with Gasteiger partial charge in [0, 0.05) is 25.6 Å². The molecule has 2 rings (SSSR count). The highest BCUT2D eigenvalue weighted by Crippen LogP contribution is 2.38. The van der Waals surface area contributed by atoms with Crippen molar-refractivity contribution >= 4 is 0 Å². The summed E-state index contributed by atoms with van der Waals surface area (Å²) in [6, 6.07) is 2.87. The van der Waals surface area contributed by atoms with Crippen molar-refractivity contribution in [3.05, 3.63) is 0 Å². The Hall–Kier alpha value is -0.550. The molecule has 2 heteroatoms. The number of hydrogen-bond acceptors (Lipinski definition) is 2. The van der Waals surface area contributed by atoms with Crippen LogP contribution in [-0.2, 0) is 0 Å². The molecule has 2 nitrogen and oxygen atoms in total. The molecular formula is C12H20N2. The van der Waals surface area contributed by atoms with Crippen LogP contribution in [0.4, 0.5) is 0 Å². The van der Waals surface area contributed by atoms with Crippen LogP contribution in [0.25, 0.3) is 0 Å². The van der Waals surface area contributed by atoms with E-state index in [0.717, 1.165) is 18.3 Å². The molecule has 1 aliphatic carbocycles. The summed E-state index contributed by atoms with van der Waals surface area (Å²) in [6.45, 7) is 4.88. The summed E-state index contributed by atoms with van der Waals surface area (Å²) >= 11 is 0. The van der Waals surface area contributed by atoms with E-state index in [0.29, 0.717) is 12.5 Å². The third-order valence-corrected chi connectivity index (χ3v) is 4.05. The van der Waals surface area contributed by atoms with Crippen LogP contribution < -0.4 is 0 Å². The van der Waals surface area contributed by atoms with Crippen molar-refractivity contribution in [2.45, 2.75) is 45.1 Å². The Labute approximate surface area is 86.9 Å². The van der Waals surface area contributed by atoms with Gasteiger partial charge in [0.1, 0.15) is 0 Å². The summed E-state index contributed by atoms with van der Waals surface area (Å²) in [5.41, 5.74) is 0. The van der Waals surface area contributed by atoms with Crippen molar-refractivity contribution in [2.75, 3.05) is 13.1 Å². The summed E-state index contributed by atoms with van der Waals surface area (Å²) in [6.07, 6.45) is 6.12. The van der Waals surface area contributed by atoms with E-state index in [-0.39, 0.29) is 0 Å². The van der Waals surface area contributed by atoms with Crippen LogP contribution in [0, 0.1) is 23.2 Å². The minimum atomic E-state index is 0.625. The lowest BCUT2D eigenvalue weighted by atomic mass is 10.0. The zero-order valence-electron chi connectivity index (χ0n) is 9.08. The second-order valence-electron chi connectivity index (χ2n) is 4.95. The number of likely N-dealkylation sites (tertiary alicyclic amines) is 1. The maximum Gasteiger partial charge on any atom is 0.0622 e. The molecular weight excluding hydrogens is 172 g/mol. The fraction of sp³-hybridized carbons (Fsp3) is 0.917. The molecule has 0 radical (unpaired) electrons. The van der Waals surface area contributed by atoms with Crippen LogP contribution in [0.3, 0.4) is 0 Å². The Morgan fingerprint density at radius 1 is 1.36 bits per heavy atom. The zero-order chi connectivity index (χ0) is 9.97. The SMILES string of the molecule is CC(CCC#N)N1CC2CCCC2C1. The number of rotatable bonds is 3. The van der Waals surface area contributed by atoms with Crippen LogP contribution in [0.15, 0.2) is 0 Å². The average Bonchev–Trinajstić information content (AvgIpc) is 2.72. The van der Waals surface area contributed by atoms with Gasteiger partial charge in [-0.1, -0.05) is 6.42 Å². The van der Waals surface area contributed by atoms with E-state index in [1.807, 2.05) is 0 Å². The second kappa shape index (κ2) is 4.31. The van der Waals surface area contributed by atoms with Crippen molar-refractivity contribution in [3.8, 4) is 6.07 Å². The van der Waals surface area contributed by atoms with Crippen molar-refractivity contribution in [3.63, 3.8) is 0 Å². The lowest BCUT2D eigenvalue weighted by Gasteiger charge is -2.24. The van der Waals surface area contributed by atoms with Crippen molar-refractivity contribution < 1.29 is 0 Å². The summed E-state index contributed by atoms with van der Waals surface area (Å²) in [5.74, 6) is 1.97. The molecule has 1 saturated heterocycles. The van der Waals surface area contributed by atoms with E-state index in [2.05, 4.69) is 17.9 Å². The predicted molar refractivity (Wildman–Crippen MR) is 56.7 cm³/mol. The standard InChI is InChI=1S/C12H20N2/c1-10(4-3-7-13)14-8-11-5-2-6-12(11)9-14/h10-12H,2-6,8-9H2,1H3. The monoisotopic (exact) mass is 192 g/mol. The van der Waals surface area contributed by atoms with Crippen LogP contribution in [0.1, 0.15) is 39.0 Å². The highest BCUT2D eigenvalue weighted by molar-refractivity contribution is 4.90. The average molecular weight is 192 g/mol. The molecule has 78 valence electrons. The highest BCUT2D eigenvalue weighted by atomic mass is 15.2. The Morgan fingerprint density at radius 2 is 2.00 bits per heavy atom. The van der Waals surface area contributed by atoms with Gasteiger partial charge in [0.15, 0.2) is 0 Å². The van der Waals surface area contributed by atoms with E-state index in [9.17, 15) is 0 Å². The van der Waals surface area contributed by atoms with E-state index < -0.39 is 0 Å². The van der Waals surface area contributed by atoms with Gasteiger partial charge in [-0.05, 0) is 38.0 Å². The molecule has 14 heavy (non-hydrogen) atoms. The second-order valence-corrected chi connectivity index (χ2v) is 4.95. The molecule has 2 aliphatic rings. The predicted octanol–water partition coefficient (Wildman–Crippen LogP) is 2.41. The number of fused-ring (bicyclic) bond motifs is 1. The quantitative estimate of drug-likeness (QED) is 0.686. The molecule has 1 heterocycles. The first-order valence-corrected chi connectivity index (χ1v) is 5.92. The van der Waals surface area contributed by atoms with Gasteiger partial charge in [-0.15, -0.1) is 0 Å². The molecule has 1 aliphatic heterocycles. The molecule has 0 aromatic carbocycles. The first-order valence-electron chi connectivity index (χ1n) is 5.92. The smallest absolute Gasteiger partial charge is 0.0622 e. The van der Waals surface area contributed by atoms with Gasteiger partial charge in [0.25, 0.3) is 0 Å². The van der Waals surface area contributed by atoms with Crippen molar-refractivity contribution in [2.24, 2.45) is 11.8 Å². The highest BCUT2D eigenvalue weighted by Gasteiger charge is 2.37. The van der Waals surface area contributed by atoms with Gasteiger partial charge >= 0.3 is 0 Å². The third-order valence-electron chi connectivity index (χ3n) is 4.05. The molecule has 3 atom stereocenters. The molecule has 0 amide bonds. The van der Waals surface area contributed by atoms with E-state index >= 15 is 0 Å². The zero-order valence-corrected chi connectivity index (χ0v) is 9.08. The molecule has 2 fully saturated rings. The topological polar surface area (TPSA) is 27.0 Å². The molecule has 1 saturated carbocycles. The Kier molecular flexibility index (Phi) is 3.08. The molecule has 0 spiro atoms. The first-order chi connectivity index (χ1) is 6.81. The van der Waals surface area contributed by atoms with Crippen molar-refractivity contribution in [1.29, 1.82) is 5.26 Å². The first kappa shape index (κ1) is 9.98. The number of hydrogen-bond donors (Lipinski definition) is 0. The van der Waals surface area contributed by atoms with Crippen LogP contribution in [0.5, 0.6) is 0 Å². The summed E-state index contributed by atoms with van der Waals surface area (Å²) in [4.78, 5) is 2.60. The van der Waals surface area contributed by atoms with Crippen LogP contribution in [0.2, 0.25) is 0 Å². The Morgan fingerprint density at radius 3 is 2.57 bits per heavy atom. The summed E-state index contributed by atoms with van der Waals surface area (Å²) < 4.78 is 0. The van der Waals surface area contributed by atoms with Gasteiger partial charge in [0.05, 0.1) is 6.07 Å². The number of nitrogens with zero attached hydrogens (tertiary/aromatic N) is 2. The lowest BCUT2D eigenvalue weighted by molar-refractivity contribution is 0.230. The lowest BCUT2D eigenvalue weighted by Crippen LogP contribution is -2.31. The van der Waals surface area contributed by atoms with Gasteiger partial charge in [-0.25, -0.2) is 0 Å². The number of nitriles is 1. The van der Waals surface area contributed by atoms with Crippen LogP contribution in [-0.4, -0.2) is 24.0 Å². The fourth-order valence-electron chi connectivity index (χ4n) is 3.09. The summed E-state index contributed by atoms with van der Waals surface area (Å²) in [7, 11) is 0. The molecule has 0 bridgehead atoms. The summed E-state index contributed by atoms with van der Waals surface area (Å²) in [5, 5.41) is 8.55. The van der Waals surface area contributed by atoms with Gasteiger partial charge in [0.2, 0.25) is 0 Å². The molecule has 0 aromatic heterocycles. The fourth-order valence-corrected chi connectivity index (χ4v) is 3.09. The normalized spacial score (nSPS) is 34.0. The Balaban J connectivity index is 1.80. The molecule has 0 aromatic rings. The van der Waals surface area contributed by atoms with E-state index in [4.69, 9.17) is 5.26 Å². The minimum Gasteiger partial charge on any atom is -0.300 e. The third kappa shape index (κ3) is 1.93. The Bertz CT molecular complexity index is 219. The van der Waals surface area contributed by atoms with Gasteiger partial charge in [-0.2, -0.15) is 5.26 Å².